The fourth-order valence-corrected chi connectivity index (χ4v) is 4.35. The van der Waals surface area contributed by atoms with Gasteiger partial charge in [-0.25, -0.2) is 4.79 Å². The highest BCUT2D eigenvalue weighted by Gasteiger charge is 2.46. The van der Waals surface area contributed by atoms with Gasteiger partial charge in [-0.15, -0.1) is 10.2 Å². The van der Waals surface area contributed by atoms with Crippen LogP contribution in [0.15, 0.2) is 5.51 Å². The largest absolute Gasteiger partial charge is 0.490 e. The summed E-state index contributed by atoms with van der Waals surface area (Å²) in [6.07, 6.45) is 1.21. The third-order valence-corrected chi connectivity index (χ3v) is 6.23. The highest BCUT2D eigenvalue weighted by molar-refractivity contribution is 7.13. The molecule has 1 amide bonds. The molecule has 8 nitrogen and oxygen atoms in total. The van der Waals surface area contributed by atoms with E-state index in [4.69, 9.17) is 14.6 Å². The fraction of sp³-hybridized carbons (Fsp3) is 0.765. The minimum Gasteiger partial charge on any atom is -0.475 e. The lowest BCUT2D eigenvalue weighted by Crippen LogP contribution is -2.46. The van der Waals surface area contributed by atoms with Gasteiger partial charge in [-0.05, 0) is 38.5 Å². The molecule has 1 aromatic rings. The van der Waals surface area contributed by atoms with Gasteiger partial charge in [-0.3, -0.25) is 4.79 Å². The van der Waals surface area contributed by atoms with Gasteiger partial charge in [-0.2, -0.15) is 13.2 Å². The van der Waals surface area contributed by atoms with Crippen LogP contribution in [0.25, 0.3) is 0 Å². The Morgan fingerprint density at radius 1 is 1.34 bits per heavy atom. The number of rotatable bonds is 3. The number of piperidine rings is 1. The number of halogens is 3. The van der Waals surface area contributed by atoms with E-state index in [-0.39, 0.29) is 17.4 Å². The smallest absolute Gasteiger partial charge is 0.475 e. The Kier molecular flexibility index (Phi) is 6.62. The molecule has 3 aliphatic rings. The van der Waals surface area contributed by atoms with Crippen LogP contribution in [0.1, 0.15) is 38.5 Å². The lowest BCUT2D eigenvalue weighted by atomic mass is 9.78. The van der Waals surface area contributed by atoms with Gasteiger partial charge in [0.25, 0.3) is 0 Å². The van der Waals surface area contributed by atoms with Crippen LogP contribution < -0.4 is 10.2 Å². The Morgan fingerprint density at radius 3 is 2.62 bits per heavy atom. The molecule has 2 atom stereocenters. The first kappa shape index (κ1) is 21.8. The molecular weight excluding hydrogens is 413 g/mol. The highest BCUT2D eigenvalue weighted by Crippen LogP contribution is 2.42. The summed E-state index contributed by atoms with van der Waals surface area (Å²) < 4.78 is 37.6. The summed E-state index contributed by atoms with van der Waals surface area (Å²) in [4.78, 5) is 23.5. The normalized spacial score (nSPS) is 27.1. The van der Waals surface area contributed by atoms with Crippen molar-refractivity contribution in [1.29, 1.82) is 0 Å². The molecule has 3 fully saturated rings. The van der Waals surface area contributed by atoms with E-state index < -0.39 is 12.1 Å². The lowest BCUT2D eigenvalue weighted by Gasteiger charge is -2.39. The van der Waals surface area contributed by atoms with Gasteiger partial charge in [0.05, 0.1) is 6.61 Å². The number of amides is 1. The summed E-state index contributed by atoms with van der Waals surface area (Å²) in [5.74, 6) is -2.66. The van der Waals surface area contributed by atoms with E-state index in [1.54, 1.807) is 16.8 Å². The first-order valence-electron chi connectivity index (χ1n) is 9.42. The molecule has 0 radical (unpaired) electrons. The van der Waals surface area contributed by atoms with Crippen molar-refractivity contribution in [1.82, 2.24) is 15.5 Å². The number of nitrogens with one attached hydrogen (secondary N) is 1. The van der Waals surface area contributed by atoms with E-state index in [9.17, 15) is 18.0 Å². The summed E-state index contributed by atoms with van der Waals surface area (Å²) in [6, 6.07) is 0.386. The predicted octanol–water partition coefficient (Wildman–Crippen LogP) is 2.22. The number of carboxylic acids is 1. The van der Waals surface area contributed by atoms with Gasteiger partial charge in [0.15, 0.2) is 0 Å². The van der Waals surface area contributed by atoms with E-state index in [1.807, 2.05) is 0 Å². The summed E-state index contributed by atoms with van der Waals surface area (Å²) in [5, 5.41) is 19.4. The van der Waals surface area contributed by atoms with E-state index in [2.05, 4.69) is 20.4 Å². The predicted molar refractivity (Wildman–Crippen MR) is 97.6 cm³/mol. The second-order valence-electron chi connectivity index (χ2n) is 7.69. The summed E-state index contributed by atoms with van der Waals surface area (Å²) >= 11 is 1.58. The summed E-state index contributed by atoms with van der Waals surface area (Å²) in [5.41, 5.74) is 1.88. The van der Waals surface area contributed by atoms with Crippen LogP contribution >= 0.6 is 11.3 Å². The number of carboxylic acid groups (broad SMARTS) is 1. The second-order valence-corrected chi connectivity index (χ2v) is 8.50. The van der Waals surface area contributed by atoms with Crippen LogP contribution in [0.4, 0.5) is 18.3 Å². The first-order valence-corrected chi connectivity index (χ1v) is 10.3. The molecule has 1 aliphatic carbocycles. The van der Waals surface area contributed by atoms with E-state index >= 15 is 0 Å². The van der Waals surface area contributed by atoms with Gasteiger partial charge < -0.3 is 20.1 Å². The van der Waals surface area contributed by atoms with E-state index in [1.165, 1.54) is 6.42 Å². The Labute approximate surface area is 169 Å². The molecule has 1 spiro atoms. The zero-order valence-corrected chi connectivity index (χ0v) is 16.5. The van der Waals surface area contributed by atoms with Crippen LogP contribution in [-0.2, 0) is 14.3 Å². The van der Waals surface area contributed by atoms with Gasteiger partial charge in [0, 0.05) is 24.5 Å². The average molecular weight is 436 g/mol. The van der Waals surface area contributed by atoms with Crippen molar-refractivity contribution in [2.45, 2.75) is 56.8 Å². The number of ether oxygens (including phenoxy) is 1. The minimum atomic E-state index is -5.08. The first-order chi connectivity index (χ1) is 13.7. The van der Waals surface area contributed by atoms with Gasteiger partial charge in [0.2, 0.25) is 11.0 Å². The number of carbonyl (C=O) groups excluding carboxylic acids is 1. The van der Waals surface area contributed by atoms with Crippen LogP contribution in [0, 0.1) is 5.41 Å². The number of hydrogen-bond acceptors (Lipinski definition) is 7. The molecule has 1 aromatic heterocycles. The van der Waals surface area contributed by atoms with Crippen LogP contribution in [-0.4, -0.2) is 65.2 Å². The monoisotopic (exact) mass is 436 g/mol. The fourth-order valence-electron chi connectivity index (χ4n) is 3.76. The molecule has 3 heterocycles. The molecule has 2 unspecified atom stereocenters. The third-order valence-electron chi connectivity index (χ3n) is 5.48. The molecular formula is C17H23F3N4O4S. The molecule has 2 N–H and O–H groups in total. The van der Waals surface area contributed by atoms with Crippen molar-refractivity contribution in [2.75, 3.05) is 24.6 Å². The highest BCUT2D eigenvalue weighted by atomic mass is 32.1. The SMILES string of the molecule is O=C(NC1CCC1)C1CC2(CCCN(c3nncs3)C2)CO1.O=C(O)C(F)(F)F. The number of hydrogen-bond donors (Lipinski definition) is 2. The Balaban J connectivity index is 0.000000298. The second kappa shape index (κ2) is 8.82. The maximum atomic E-state index is 12.3. The summed E-state index contributed by atoms with van der Waals surface area (Å²) in [6.45, 7) is 2.64. The molecule has 29 heavy (non-hydrogen) atoms. The van der Waals surface area contributed by atoms with Crippen molar-refractivity contribution >= 4 is 28.3 Å². The molecule has 4 rings (SSSR count). The molecule has 2 saturated heterocycles. The maximum absolute atomic E-state index is 12.3. The van der Waals surface area contributed by atoms with Crippen LogP contribution in [0.5, 0.6) is 0 Å². The lowest BCUT2D eigenvalue weighted by molar-refractivity contribution is -0.192. The zero-order chi connectivity index (χ0) is 21.1. The van der Waals surface area contributed by atoms with Crippen molar-refractivity contribution in [3.63, 3.8) is 0 Å². The maximum Gasteiger partial charge on any atom is 0.490 e. The standard InChI is InChI=1S/C15H22N4O2S.C2HF3O2/c20-13(17-11-3-1-4-11)12-7-15(9-21-12)5-2-6-19(8-15)14-18-16-10-22-14;3-2(4,5)1(6)7/h10-12H,1-9H2,(H,17,20);(H,6,7). The van der Waals surface area contributed by atoms with Crippen molar-refractivity contribution in [3.05, 3.63) is 5.51 Å². The topological polar surface area (TPSA) is 105 Å². The van der Waals surface area contributed by atoms with Crippen molar-refractivity contribution in [3.8, 4) is 0 Å². The molecule has 0 aromatic carbocycles. The number of aromatic nitrogens is 2. The van der Waals surface area contributed by atoms with Gasteiger partial charge in [0.1, 0.15) is 11.6 Å². The molecule has 1 saturated carbocycles. The average Bonchev–Trinajstić information content (AvgIpc) is 3.28. The van der Waals surface area contributed by atoms with E-state index in [0.29, 0.717) is 12.6 Å². The molecule has 162 valence electrons. The Hall–Kier alpha value is -1.95. The zero-order valence-electron chi connectivity index (χ0n) is 15.7. The minimum absolute atomic E-state index is 0.0922. The number of nitrogens with zero attached hydrogens (tertiary/aromatic N) is 3. The number of carbonyl (C=O) groups is 2. The van der Waals surface area contributed by atoms with Crippen LogP contribution in [0.3, 0.4) is 0 Å². The van der Waals surface area contributed by atoms with Gasteiger partial charge in [-0.1, -0.05) is 11.3 Å². The number of aliphatic carboxylic acids is 1. The third kappa shape index (κ3) is 5.56. The van der Waals surface area contributed by atoms with Crippen LogP contribution in [0.2, 0.25) is 0 Å². The quantitative estimate of drug-likeness (QED) is 0.749. The molecule has 0 bridgehead atoms. The summed E-state index contributed by atoms with van der Waals surface area (Å²) in [7, 11) is 0. The Morgan fingerprint density at radius 2 is 2.07 bits per heavy atom. The Bertz CT molecular complexity index is 714. The van der Waals surface area contributed by atoms with E-state index in [0.717, 1.165) is 50.3 Å². The number of anilines is 1. The van der Waals surface area contributed by atoms with Gasteiger partial charge >= 0.3 is 12.1 Å². The molecule has 2 aliphatic heterocycles. The van der Waals surface area contributed by atoms with Crippen molar-refractivity contribution < 1.29 is 32.6 Å². The molecule has 12 heteroatoms. The number of alkyl halides is 3. The van der Waals surface area contributed by atoms with Crippen molar-refractivity contribution in [2.24, 2.45) is 5.41 Å².